The molecular weight excluding hydrogens is 753 g/mol. The summed E-state index contributed by atoms with van der Waals surface area (Å²) in [4.78, 5) is 46.2. The first-order valence-electron chi connectivity index (χ1n) is 16.8. The molecule has 2 amide bonds. The normalized spacial score (nSPS) is 11.1. The van der Waals surface area contributed by atoms with Crippen molar-refractivity contribution in [2.45, 2.75) is 52.7 Å². The molecule has 292 valence electrons. The summed E-state index contributed by atoms with van der Waals surface area (Å²) in [6.07, 6.45) is -1.52. The summed E-state index contributed by atoms with van der Waals surface area (Å²) < 4.78 is 38.0. The van der Waals surface area contributed by atoms with Crippen LogP contribution in [0.5, 0.6) is 0 Å². The molecule has 18 heteroatoms. The number of halogens is 3. The lowest BCUT2D eigenvalue weighted by Crippen LogP contribution is -2.31. The number of fused-ring (bicyclic) bond motifs is 2. The lowest BCUT2D eigenvalue weighted by molar-refractivity contribution is 0.0624. The maximum absolute atomic E-state index is 14.4. The highest BCUT2D eigenvalue weighted by Gasteiger charge is 2.20. The maximum Gasteiger partial charge on any atom is 0.488 e. The molecule has 0 unspecified atom stereocenters. The topological polar surface area (TPSA) is 209 Å². The van der Waals surface area contributed by atoms with Gasteiger partial charge in [0.2, 0.25) is 0 Å². The number of carbonyl (C=O) groups excluding carboxylic acids is 2. The summed E-state index contributed by atoms with van der Waals surface area (Å²) >= 11 is 5.75. The molecule has 2 heterocycles. The number of carbonyl (C=O) groups is 2. The molecule has 0 fully saturated rings. The SMILES string of the molecule is CC(C)(C)OC(=O)Nc1ccc(-c2n[nH]c(=O)c3ccccc23)cc1F.CC(C)(C)OC(=O)Nc1ccc(B(O)O)cc1F.O=c1[nH]nc(Cl)c2ccccc12. The molecule has 14 nitrogen and oxygen atoms in total. The first kappa shape index (κ1) is 42.6. The van der Waals surface area contributed by atoms with Gasteiger partial charge in [0.25, 0.3) is 11.1 Å². The van der Waals surface area contributed by atoms with Gasteiger partial charge in [0.15, 0.2) is 5.15 Å². The lowest BCUT2D eigenvalue weighted by atomic mass is 9.80. The minimum atomic E-state index is -1.75. The molecule has 6 aromatic rings. The minimum Gasteiger partial charge on any atom is -0.444 e. The highest BCUT2D eigenvalue weighted by molar-refractivity contribution is 6.58. The van der Waals surface area contributed by atoms with Gasteiger partial charge in [-0.1, -0.05) is 60.1 Å². The Morgan fingerprint density at radius 3 is 1.59 bits per heavy atom. The van der Waals surface area contributed by atoms with E-state index in [0.29, 0.717) is 38.0 Å². The number of rotatable bonds is 4. The molecule has 0 saturated heterocycles. The lowest BCUT2D eigenvalue weighted by Gasteiger charge is -2.20. The van der Waals surface area contributed by atoms with Gasteiger partial charge in [-0.05, 0) is 83.4 Å². The van der Waals surface area contributed by atoms with E-state index in [9.17, 15) is 28.0 Å². The third kappa shape index (κ3) is 11.9. The van der Waals surface area contributed by atoms with Crippen LogP contribution in [-0.4, -0.2) is 60.9 Å². The largest absolute Gasteiger partial charge is 0.488 e. The molecule has 0 aliphatic heterocycles. The number of amides is 2. The second kappa shape index (κ2) is 18.0. The monoisotopic (exact) mass is 790 g/mol. The number of aromatic nitrogens is 4. The Bertz CT molecular complexity index is 2490. The Balaban J connectivity index is 0.000000201. The molecule has 6 rings (SSSR count). The number of ether oxygens (including phenoxy) is 2. The summed E-state index contributed by atoms with van der Waals surface area (Å²) in [7, 11) is -1.75. The zero-order valence-corrected chi connectivity index (χ0v) is 31.8. The Hall–Kier alpha value is -6.17. The van der Waals surface area contributed by atoms with Crippen molar-refractivity contribution in [3.63, 3.8) is 0 Å². The molecule has 0 bridgehead atoms. The summed E-state index contributed by atoms with van der Waals surface area (Å²) in [5.74, 6) is -1.41. The van der Waals surface area contributed by atoms with Crippen molar-refractivity contribution in [1.82, 2.24) is 20.4 Å². The zero-order chi connectivity index (χ0) is 41.4. The van der Waals surface area contributed by atoms with E-state index in [1.807, 2.05) is 6.07 Å². The van der Waals surface area contributed by atoms with Gasteiger partial charge >= 0.3 is 19.3 Å². The Labute approximate surface area is 324 Å². The molecular formula is C38H38BClF2N6O8. The van der Waals surface area contributed by atoms with Gasteiger partial charge in [-0.3, -0.25) is 20.2 Å². The fourth-order valence-corrected chi connectivity index (χ4v) is 5.01. The van der Waals surface area contributed by atoms with Gasteiger partial charge in [-0.15, -0.1) is 0 Å². The molecule has 6 N–H and O–H groups in total. The fourth-order valence-electron chi connectivity index (χ4n) is 4.80. The summed E-state index contributed by atoms with van der Waals surface area (Å²) in [6, 6.07) is 21.8. The van der Waals surface area contributed by atoms with E-state index in [1.165, 1.54) is 24.3 Å². The van der Waals surface area contributed by atoms with Gasteiger partial charge < -0.3 is 19.5 Å². The standard InChI is InChI=1S/C19H18FN3O3.C11H15BFNO4.C8H5ClN2O/c1-19(2,3)26-18(25)21-15-9-8-11(10-14(15)20)16-12-6-4-5-7-13(12)17(24)23-22-16;1-11(2,3)18-10(15)14-9-5-4-7(12(16)17)6-8(9)13;9-7-5-3-1-2-4-6(5)8(12)11-10-7/h4-10H,1-3H3,(H,21,25)(H,23,24);4-6,16-17H,1-3H3,(H,14,15);1-4H,(H,11,12). The summed E-state index contributed by atoms with van der Waals surface area (Å²) in [6.45, 7) is 10.2. The molecule has 4 aromatic carbocycles. The quantitative estimate of drug-likeness (QED) is 0.107. The first-order valence-corrected chi connectivity index (χ1v) is 17.2. The Morgan fingerprint density at radius 2 is 1.12 bits per heavy atom. The minimum absolute atomic E-state index is 0.00207. The molecule has 0 spiro atoms. The van der Waals surface area contributed by atoms with Crippen molar-refractivity contribution in [2.24, 2.45) is 0 Å². The van der Waals surface area contributed by atoms with E-state index in [-0.39, 0.29) is 28.0 Å². The van der Waals surface area contributed by atoms with Crippen LogP contribution in [0.15, 0.2) is 94.5 Å². The van der Waals surface area contributed by atoms with Crippen molar-refractivity contribution in [3.8, 4) is 11.3 Å². The number of H-pyrrole nitrogens is 2. The van der Waals surface area contributed by atoms with E-state index in [2.05, 4.69) is 31.0 Å². The summed E-state index contributed by atoms with van der Waals surface area (Å²) in [5, 5.41) is 37.4. The predicted octanol–water partition coefficient (Wildman–Crippen LogP) is 6.51. The number of hydrogen-bond donors (Lipinski definition) is 6. The molecule has 0 aliphatic rings. The maximum atomic E-state index is 14.4. The van der Waals surface area contributed by atoms with Gasteiger partial charge in [0.05, 0.1) is 27.8 Å². The van der Waals surface area contributed by atoms with E-state index >= 15 is 0 Å². The van der Waals surface area contributed by atoms with Crippen LogP contribution in [0.3, 0.4) is 0 Å². The second-order valence-electron chi connectivity index (χ2n) is 13.9. The Morgan fingerprint density at radius 1 is 0.679 bits per heavy atom. The predicted molar refractivity (Wildman–Crippen MR) is 211 cm³/mol. The molecule has 0 atom stereocenters. The number of benzene rings is 4. The van der Waals surface area contributed by atoms with Crippen LogP contribution >= 0.6 is 11.6 Å². The van der Waals surface area contributed by atoms with Crippen molar-refractivity contribution >= 4 is 69.3 Å². The van der Waals surface area contributed by atoms with Crippen LogP contribution in [0.25, 0.3) is 32.8 Å². The smallest absolute Gasteiger partial charge is 0.444 e. The molecule has 2 aromatic heterocycles. The van der Waals surface area contributed by atoms with Crippen molar-refractivity contribution in [2.75, 3.05) is 10.6 Å². The van der Waals surface area contributed by atoms with Gasteiger partial charge in [-0.25, -0.2) is 28.6 Å². The van der Waals surface area contributed by atoms with Gasteiger partial charge in [0.1, 0.15) is 22.8 Å². The highest BCUT2D eigenvalue weighted by Crippen LogP contribution is 2.27. The average molecular weight is 791 g/mol. The van der Waals surface area contributed by atoms with Crippen LogP contribution in [0.2, 0.25) is 5.15 Å². The van der Waals surface area contributed by atoms with Crippen molar-refractivity contribution in [3.05, 3.63) is 122 Å². The van der Waals surface area contributed by atoms with Crippen molar-refractivity contribution < 1.29 is 37.9 Å². The van der Waals surface area contributed by atoms with E-state index in [0.717, 1.165) is 6.07 Å². The van der Waals surface area contributed by atoms with Crippen LogP contribution in [0, 0.1) is 11.6 Å². The van der Waals surface area contributed by atoms with E-state index in [4.69, 9.17) is 31.1 Å². The number of aromatic amines is 2. The number of nitrogens with zero attached hydrogens (tertiary/aromatic N) is 2. The number of nitrogens with one attached hydrogen (secondary N) is 4. The average Bonchev–Trinajstić information content (AvgIpc) is 3.11. The third-order valence-electron chi connectivity index (χ3n) is 7.15. The third-order valence-corrected chi connectivity index (χ3v) is 7.44. The van der Waals surface area contributed by atoms with E-state index < -0.39 is 42.1 Å². The van der Waals surface area contributed by atoms with Crippen LogP contribution in [-0.2, 0) is 9.47 Å². The highest BCUT2D eigenvalue weighted by atomic mass is 35.5. The Kier molecular flexibility index (Phi) is 13.7. The number of anilines is 2. The van der Waals surface area contributed by atoms with Crippen LogP contribution in [0.4, 0.5) is 29.7 Å². The van der Waals surface area contributed by atoms with Crippen molar-refractivity contribution in [1.29, 1.82) is 0 Å². The molecule has 0 radical (unpaired) electrons. The van der Waals surface area contributed by atoms with Crippen LogP contribution in [0.1, 0.15) is 41.5 Å². The van der Waals surface area contributed by atoms with E-state index in [1.54, 1.807) is 90.1 Å². The molecule has 0 saturated carbocycles. The summed E-state index contributed by atoms with van der Waals surface area (Å²) in [5.41, 5.74) is -1.05. The molecule has 0 aliphatic carbocycles. The zero-order valence-electron chi connectivity index (χ0n) is 31.0. The van der Waals surface area contributed by atoms with Gasteiger partial charge in [-0.2, -0.15) is 10.2 Å². The fraction of sp³-hybridized carbons (Fsp3) is 0.211. The molecule has 56 heavy (non-hydrogen) atoms. The first-order chi connectivity index (χ1) is 26.2. The van der Waals surface area contributed by atoms with Gasteiger partial charge in [0, 0.05) is 16.3 Å². The second-order valence-corrected chi connectivity index (χ2v) is 14.3. The number of hydrogen-bond acceptors (Lipinski definition) is 10. The van der Waals surface area contributed by atoms with Crippen LogP contribution < -0.4 is 27.2 Å².